The van der Waals surface area contributed by atoms with E-state index >= 15 is 0 Å². The third-order valence-corrected chi connectivity index (χ3v) is 10.9. The minimum absolute atomic E-state index is 0.158. The topological polar surface area (TPSA) is 43.6 Å². The summed E-state index contributed by atoms with van der Waals surface area (Å²) in [6.45, 7) is 0. The van der Waals surface area contributed by atoms with Crippen LogP contribution in [0.2, 0.25) is 0 Å². The highest BCUT2D eigenvalue weighted by molar-refractivity contribution is 6.01. The lowest BCUT2D eigenvalue weighted by molar-refractivity contribution is 0.649. The molecule has 0 bridgehead atoms. The van der Waals surface area contributed by atoms with Crippen LogP contribution in [-0.4, -0.2) is 20.0 Å². The maximum Gasteiger partial charge on any atom is 0.0857 e. The molecule has 4 heteroatoms. The first-order valence-corrected chi connectivity index (χ1v) is 18.8. The molecule has 0 spiro atoms. The van der Waals surface area contributed by atoms with E-state index in [0.29, 0.717) is 0 Å². The Morgan fingerprint density at radius 1 is 0.509 bits per heavy atom. The zero-order valence-electron chi connectivity index (χ0n) is 30.1. The van der Waals surface area contributed by atoms with Gasteiger partial charge in [-0.1, -0.05) is 152 Å². The standard InChI is InChI=1S/C51H36N4/c1-3-18-43-37(12-1)14-10-23-44(43)51-47-21-6-4-19-45(47)50(46-20-5-7-22-48(46)51)40-16-9-15-38(32-40)35-17-11-30-53-55(54-31-29-35)42-27-25-36(26-28-42)41-33-39-13-2-8-24-49(39)52-34-41/h1-34,45,50H. The van der Waals surface area contributed by atoms with Crippen molar-refractivity contribution in [1.82, 2.24) is 20.0 Å². The van der Waals surface area contributed by atoms with Crippen molar-refractivity contribution in [1.29, 1.82) is 0 Å². The fourth-order valence-corrected chi connectivity index (χ4v) is 8.34. The zero-order chi connectivity index (χ0) is 36.6. The SMILES string of the molecule is C1=CC2=C(c3cccc4ccccc34)c3ccccc3C(c3cccc(-c4cccnn(-c5ccc(-c6cnc7ccccc7c6)cc5)ncc4)c3)C2C=C1. The molecule has 0 fully saturated rings. The van der Waals surface area contributed by atoms with E-state index in [9.17, 15) is 0 Å². The summed E-state index contributed by atoms with van der Waals surface area (Å²) in [6.07, 6.45) is 14.7. The van der Waals surface area contributed by atoms with Crippen LogP contribution in [-0.2, 0) is 0 Å². The minimum atomic E-state index is 0.158. The first-order chi connectivity index (χ1) is 27.3. The van der Waals surface area contributed by atoms with Crippen LogP contribution in [0.15, 0.2) is 212 Å². The summed E-state index contributed by atoms with van der Waals surface area (Å²) in [7, 11) is 0. The van der Waals surface area contributed by atoms with Gasteiger partial charge in [0, 0.05) is 35.2 Å². The third kappa shape index (κ3) is 6.04. The number of hydrogen-bond acceptors (Lipinski definition) is 3. The van der Waals surface area contributed by atoms with Crippen LogP contribution in [0, 0.1) is 5.92 Å². The Balaban J connectivity index is 0.991. The molecule has 8 aromatic rings. The van der Waals surface area contributed by atoms with Crippen LogP contribution >= 0.6 is 0 Å². The second-order valence-electron chi connectivity index (χ2n) is 14.1. The number of benzene rings is 6. The maximum atomic E-state index is 4.75. The molecule has 0 N–H and O–H groups in total. The average molecular weight is 705 g/mol. The Morgan fingerprint density at radius 3 is 2.20 bits per heavy atom. The molecular weight excluding hydrogens is 669 g/mol. The number of allylic oxidation sites excluding steroid dienone is 5. The highest BCUT2D eigenvalue weighted by Crippen LogP contribution is 2.51. The van der Waals surface area contributed by atoms with Crippen LogP contribution in [0.25, 0.3) is 55.2 Å². The Hall–Kier alpha value is -7.17. The number of pyridine rings is 1. The van der Waals surface area contributed by atoms with E-state index in [1.165, 1.54) is 44.2 Å². The minimum Gasteiger partial charge on any atom is -0.256 e. The monoisotopic (exact) mass is 704 g/mol. The molecule has 0 amide bonds. The summed E-state index contributed by atoms with van der Waals surface area (Å²) in [5, 5.41) is 13.1. The van der Waals surface area contributed by atoms with Crippen molar-refractivity contribution in [3.05, 3.63) is 235 Å². The smallest absolute Gasteiger partial charge is 0.0857 e. The Bertz CT molecular complexity index is 2890. The normalized spacial score (nSPS) is 15.8. The Kier molecular flexibility index (Phi) is 8.27. The van der Waals surface area contributed by atoms with Gasteiger partial charge in [-0.2, -0.15) is 15.0 Å². The molecule has 0 saturated heterocycles. The Labute approximate surface area is 320 Å². The summed E-state index contributed by atoms with van der Waals surface area (Å²) in [6, 6.07) is 58.2. The van der Waals surface area contributed by atoms with Crippen LogP contribution in [0.4, 0.5) is 0 Å². The largest absolute Gasteiger partial charge is 0.256 e. The second kappa shape index (κ2) is 14.0. The molecule has 0 aliphatic heterocycles. The molecule has 2 aliphatic rings. The van der Waals surface area contributed by atoms with E-state index in [4.69, 9.17) is 5.10 Å². The van der Waals surface area contributed by atoms with Crippen molar-refractivity contribution < 1.29 is 0 Å². The van der Waals surface area contributed by atoms with Crippen molar-refractivity contribution in [3.8, 4) is 27.9 Å². The van der Waals surface area contributed by atoms with Crippen LogP contribution in [0.1, 0.15) is 28.2 Å². The van der Waals surface area contributed by atoms with Gasteiger partial charge < -0.3 is 0 Å². The van der Waals surface area contributed by atoms with Crippen molar-refractivity contribution in [2.24, 2.45) is 5.92 Å². The average Bonchev–Trinajstić information content (AvgIpc) is 3.38. The van der Waals surface area contributed by atoms with Crippen molar-refractivity contribution >= 4 is 27.2 Å². The number of fused-ring (bicyclic) bond motifs is 4. The maximum absolute atomic E-state index is 4.75. The number of rotatable bonds is 5. The lowest BCUT2D eigenvalue weighted by Gasteiger charge is -2.37. The van der Waals surface area contributed by atoms with Gasteiger partial charge in [-0.25, -0.2) is 0 Å². The lowest BCUT2D eigenvalue weighted by atomic mass is 9.66. The van der Waals surface area contributed by atoms with E-state index in [2.05, 4.69) is 162 Å². The van der Waals surface area contributed by atoms with E-state index in [1.807, 2.05) is 48.8 Å². The first-order valence-electron chi connectivity index (χ1n) is 18.8. The van der Waals surface area contributed by atoms with Gasteiger partial charge >= 0.3 is 0 Å². The van der Waals surface area contributed by atoms with Gasteiger partial charge in [-0.15, -0.1) is 0 Å². The van der Waals surface area contributed by atoms with E-state index in [1.54, 1.807) is 11.0 Å². The molecule has 4 nitrogen and oxygen atoms in total. The fourth-order valence-electron chi connectivity index (χ4n) is 8.34. The second-order valence-corrected chi connectivity index (χ2v) is 14.1. The Morgan fingerprint density at radius 2 is 1.25 bits per heavy atom. The van der Waals surface area contributed by atoms with Gasteiger partial charge in [0.05, 0.1) is 17.4 Å². The number of nitrogens with zero attached hydrogens (tertiary/aromatic N) is 4. The number of hydrogen-bond donors (Lipinski definition) is 0. The predicted octanol–water partition coefficient (Wildman–Crippen LogP) is 12.1. The summed E-state index contributed by atoms with van der Waals surface area (Å²) in [5.41, 5.74) is 14.1. The van der Waals surface area contributed by atoms with Crippen molar-refractivity contribution in [2.75, 3.05) is 0 Å². The molecule has 6 aromatic carbocycles. The van der Waals surface area contributed by atoms with Gasteiger partial charge in [0.25, 0.3) is 0 Å². The van der Waals surface area contributed by atoms with E-state index in [-0.39, 0.29) is 11.8 Å². The van der Waals surface area contributed by atoms with Gasteiger partial charge in [0.1, 0.15) is 0 Å². The summed E-state index contributed by atoms with van der Waals surface area (Å²) >= 11 is 0. The lowest BCUT2D eigenvalue weighted by Crippen LogP contribution is -2.23. The van der Waals surface area contributed by atoms with Crippen molar-refractivity contribution in [2.45, 2.75) is 5.92 Å². The first kappa shape index (κ1) is 32.5. The molecule has 2 aromatic heterocycles. The molecule has 0 saturated carbocycles. The summed E-state index contributed by atoms with van der Waals surface area (Å²) in [4.78, 5) is 6.30. The van der Waals surface area contributed by atoms with E-state index in [0.717, 1.165) is 38.8 Å². The van der Waals surface area contributed by atoms with Crippen LogP contribution in [0.5, 0.6) is 0 Å². The quantitative estimate of drug-likeness (QED) is 0.179. The fraction of sp³-hybridized carbons (Fsp3) is 0.0392. The number of aromatic nitrogens is 4. The molecule has 2 atom stereocenters. The van der Waals surface area contributed by atoms with Crippen LogP contribution < -0.4 is 0 Å². The zero-order valence-corrected chi connectivity index (χ0v) is 30.1. The summed E-state index contributed by atoms with van der Waals surface area (Å²) < 4.78 is 0. The highest BCUT2D eigenvalue weighted by Gasteiger charge is 2.35. The highest BCUT2D eigenvalue weighted by atomic mass is 15.4. The molecule has 0 radical (unpaired) electrons. The molecular formula is C51H36N4. The predicted molar refractivity (Wildman–Crippen MR) is 225 cm³/mol. The molecule has 55 heavy (non-hydrogen) atoms. The van der Waals surface area contributed by atoms with E-state index < -0.39 is 0 Å². The van der Waals surface area contributed by atoms with Crippen LogP contribution in [0.3, 0.4) is 0 Å². The van der Waals surface area contributed by atoms with Crippen molar-refractivity contribution in [3.63, 3.8) is 0 Å². The van der Waals surface area contributed by atoms with Gasteiger partial charge in [0.15, 0.2) is 0 Å². The van der Waals surface area contributed by atoms with Gasteiger partial charge in [-0.05, 0) is 97.3 Å². The molecule has 2 heterocycles. The third-order valence-electron chi connectivity index (χ3n) is 10.9. The molecule has 2 aliphatic carbocycles. The molecule has 2 unspecified atom stereocenters. The molecule has 260 valence electrons. The number of para-hydroxylation sites is 1. The van der Waals surface area contributed by atoms with Gasteiger partial charge in [-0.3, -0.25) is 4.98 Å². The molecule has 10 rings (SSSR count). The van der Waals surface area contributed by atoms with Gasteiger partial charge in [0.2, 0.25) is 0 Å². The summed E-state index contributed by atoms with van der Waals surface area (Å²) in [5.74, 6) is 0.353.